The van der Waals surface area contributed by atoms with Gasteiger partial charge in [0.1, 0.15) is 5.82 Å². The van der Waals surface area contributed by atoms with Gasteiger partial charge in [0.05, 0.1) is 17.9 Å². The zero-order valence-electron chi connectivity index (χ0n) is 10.3. The molecule has 1 atom stereocenters. The van der Waals surface area contributed by atoms with Crippen molar-refractivity contribution in [1.82, 2.24) is 4.90 Å². The van der Waals surface area contributed by atoms with Crippen LogP contribution in [0.25, 0.3) is 11.0 Å². The minimum Gasteiger partial charge on any atom is -0.461 e. The zero-order chi connectivity index (χ0) is 13.4. The van der Waals surface area contributed by atoms with Crippen LogP contribution in [0.2, 0.25) is 0 Å². The molecule has 0 aliphatic rings. The molecule has 0 saturated carbocycles. The van der Waals surface area contributed by atoms with Gasteiger partial charge in [-0.05, 0) is 33.2 Å². The number of furan rings is 1. The average Bonchev–Trinajstić information content (AvgIpc) is 2.75. The first-order chi connectivity index (χ1) is 8.43. The van der Waals surface area contributed by atoms with Gasteiger partial charge in [-0.25, -0.2) is 8.78 Å². The summed E-state index contributed by atoms with van der Waals surface area (Å²) in [5, 5.41) is 0.305. The highest BCUT2D eigenvalue weighted by molar-refractivity contribution is 6.02. The van der Waals surface area contributed by atoms with Crippen molar-refractivity contribution in [2.24, 2.45) is 0 Å². The molecule has 0 aliphatic carbocycles. The largest absolute Gasteiger partial charge is 0.461 e. The van der Waals surface area contributed by atoms with Gasteiger partial charge in [0.25, 0.3) is 0 Å². The second-order valence-corrected chi connectivity index (χ2v) is 4.39. The number of hydrogen-bond donors (Lipinski definition) is 0. The van der Waals surface area contributed by atoms with Crippen molar-refractivity contribution in [1.29, 1.82) is 0 Å². The third kappa shape index (κ3) is 1.90. The molecule has 0 fully saturated rings. The summed E-state index contributed by atoms with van der Waals surface area (Å²) >= 11 is 0. The Hall–Kier alpha value is -1.75. The standard InChI is InChI=1S/C13H13F2NO2/c1-7(16(2)3)12(17)10-9(14)6-8-4-5-18-13(8)11(10)15/h4-7H,1-3H3. The molecule has 1 aromatic carbocycles. The lowest BCUT2D eigenvalue weighted by Crippen LogP contribution is -2.34. The predicted octanol–water partition coefficient (Wildman–Crippen LogP) is 2.84. The third-order valence-electron chi connectivity index (χ3n) is 3.04. The summed E-state index contributed by atoms with van der Waals surface area (Å²) in [7, 11) is 3.34. The molecule has 3 nitrogen and oxygen atoms in total. The highest BCUT2D eigenvalue weighted by Gasteiger charge is 2.26. The first-order valence-corrected chi connectivity index (χ1v) is 5.49. The van der Waals surface area contributed by atoms with E-state index < -0.39 is 29.0 Å². The highest BCUT2D eigenvalue weighted by Crippen LogP contribution is 2.26. The lowest BCUT2D eigenvalue weighted by atomic mass is 10.0. The van der Waals surface area contributed by atoms with E-state index in [-0.39, 0.29) is 5.58 Å². The summed E-state index contributed by atoms with van der Waals surface area (Å²) in [6.07, 6.45) is 1.26. The van der Waals surface area contributed by atoms with Gasteiger partial charge in [-0.1, -0.05) is 0 Å². The Morgan fingerprint density at radius 1 is 1.39 bits per heavy atom. The summed E-state index contributed by atoms with van der Waals surface area (Å²) in [6, 6.07) is 1.95. The number of fused-ring (bicyclic) bond motifs is 1. The second-order valence-electron chi connectivity index (χ2n) is 4.39. The molecule has 96 valence electrons. The summed E-state index contributed by atoms with van der Waals surface area (Å²) < 4.78 is 32.8. The number of carbonyl (C=O) groups excluding carboxylic acids is 1. The van der Waals surface area contributed by atoms with Gasteiger partial charge < -0.3 is 4.42 Å². The molecule has 0 aliphatic heterocycles. The monoisotopic (exact) mass is 253 g/mol. The van der Waals surface area contributed by atoms with Gasteiger partial charge in [-0.2, -0.15) is 0 Å². The van der Waals surface area contributed by atoms with Crippen molar-refractivity contribution < 1.29 is 18.0 Å². The van der Waals surface area contributed by atoms with E-state index in [1.54, 1.807) is 25.9 Å². The Balaban J connectivity index is 2.60. The molecule has 0 saturated heterocycles. The van der Waals surface area contributed by atoms with Gasteiger partial charge >= 0.3 is 0 Å². The van der Waals surface area contributed by atoms with Crippen LogP contribution in [-0.4, -0.2) is 30.8 Å². The van der Waals surface area contributed by atoms with Crippen molar-refractivity contribution >= 4 is 16.8 Å². The lowest BCUT2D eigenvalue weighted by molar-refractivity contribution is 0.0882. The van der Waals surface area contributed by atoms with E-state index in [4.69, 9.17) is 4.42 Å². The number of hydrogen-bond acceptors (Lipinski definition) is 3. The number of rotatable bonds is 3. The summed E-state index contributed by atoms with van der Waals surface area (Å²) in [5.41, 5.74) is -0.635. The first kappa shape index (κ1) is 12.7. The predicted molar refractivity (Wildman–Crippen MR) is 63.6 cm³/mol. The van der Waals surface area contributed by atoms with Crippen LogP contribution in [0.3, 0.4) is 0 Å². The van der Waals surface area contributed by atoms with Gasteiger partial charge in [0.2, 0.25) is 0 Å². The fourth-order valence-corrected chi connectivity index (χ4v) is 1.71. The van der Waals surface area contributed by atoms with E-state index in [1.807, 2.05) is 0 Å². The fraction of sp³-hybridized carbons (Fsp3) is 0.308. The maximum Gasteiger partial charge on any atom is 0.185 e. The number of Topliss-reactive ketones (excluding diaryl/α,β-unsaturated/α-hetero) is 1. The maximum atomic E-state index is 14.1. The average molecular weight is 253 g/mol. The Kier molecular flexibility index (Phi) is 3.17. The molecular formula is C13H13F2NO2. The second kappa shape index (κ2) is 4.49. The molecule has 5 heteroatoms. The van der Waals surface area contributed by atoms with Crippen LogP contribution >= 0.6 is 0 Å². The van der Waals surface area contributed by atoms with E-state index in [2.05, 4.69) is 0 Å². The summed E-state index contributed by atoms with van der Waals surface area (Å²) in [4.78, 5) is 13.6. The van der Waals surface area contributed by atoms with Crippen LogP contribution in [0.15, 0.2) is 22.8 Å². The smallest absolute Gasteiger partial charge is 0.185 e. The molecule has 0 radical (unpaired) electrons. The minimum atomic E-state index is -0.936. The van der Waals surface area contributed by atoms with Crippen LogP contribution in [0.5, 0.6) is 0 Å². The van der Waals surface area contributed by atoms with E-state index in [0.717, 1.165) is 6.07 Å². The number of ketones is 1. The van der Waals surface area contributed by atoms with Crippen molar-refractivity contribution in [3.05, 3.63) is 35.6 Å². The van der Waals surface area contributed by atoms with Crippen LogP contribution < -0.4 is 0 Å². The number of benzene rings is 1. The van der Waals surface area contributed by atoms with Gasteiger partial charge in [-0.15, -0.1) is 0 Å². The molecule has 1 heterocycles. The van der Waals surface area contributed by atoms with Crippen molar-refractivity contribution in [2.75, 3.05) is 14.1 Å². The van der Waals surface area contributed by atoms with Crippen LogP contribution in [0.1, 0.15) is 17.3 Å². The third-order valence-corrected chi connectivity index (χ3v) is 3.04. The number of carbonyl (C=O) groups is 1. The molecule has 0 N–H and O–H groups in total. The number of likely N-dealkylation sites (N-methyl/N-ethyl adjacent to an activating group) is 1. The topological polar surface area (TPSA) is 33.5 Å². The van der Waals surface area contributed by atoms with Crippen molar-refractivity contribution in [3.8, 4) is 0 Å². The Bertz CT molecular complexity index is 604. The molecular weight excluding hydrogens is 240 g/mol. The summed E-state index contributed by atoms with van der Waals surface area (Å²) in [5.74, 6) is -2.40. The van der Waals surface area contributed by atoms with Gasteiger partial charge in [-0.3, -0.25) is 9.69 Å². The van der Waals surface area contributed by atoms with E-state index in [0.29, 0.717) is 5.39 Å². The Labute approximate surface area is 103 Å². The van der Waals surface area contributed by atoms with Crippen LogP contribution in [0, 0.1) is 11.6 Å². The van der Waals surface area contributed by atoms with Crippen molar-refractivity contribution in [3.63, 3.8) is 0 Å². The molecule has 2 rings (SSSR count). The molecule has 0 spiro atoms. The minimum absolute atomic E-state index is 0.0919. The van der Waals surface area contributed by atoms with Crippen molar-refractivity contribution in [2.45, 2.75) is 13.0 Å². The Morgan fingerprint density at radius 2 is 2.06 bits per heavy atom. The van der Waals surface area contributed by atoms with Gasteiger partial charge in [0, 0.05) is 5.39 Å². The fourth-order valence-electron chi connectivity index (χ4n) is 1.71. The number of nitrogens with zero attached hydrogens (tertiary/aromatic N) is 1. The van der Waals surface area contributed by atoms with Gasteiger partial charge in [0.15, 0.2) is 17.2 Å². The number of halogens is 2. The first-order valence-electron chi connectivity index (χ1n) is 5.49. The summed E-state index contributed by atoms with van der Waals surface area (Å²) in [6.45, 7) is 1.59. The maximum absolute atomic E-state index is 14.1. The zero-order valence-corrected chi connectivity index (χ0v) is 10.3. The quantitative estimate of drug-likeness (QED) is 0.789. The molecule has 2 aromatic rings. The SMILES string of the molecule is CC(C(=O)c1c(F)cc2ccoc2c1F)N(C)C. The lowest BCUT2D eigenvalue weighted by Gasteiger charge is -2.18. The normalized spacial score (nSPS) is 13.2. The molecule has 1 unspecified atom stereocenters. The molecule has 18 heavy (non-hydrogen) atoms. The van der Waals surface area contributed by atoms with E-state index in [1.165, 1.54) is 12.3 Å². The van der Waals surface area contributed by atoms with E-state index in [9.17, 15) is 13.6 Å². The molecule has 1 aromatic heterocycles. The Morgan fingerprint density at radius 3 is 2.67 bits per heavy atom. The van der Waals surface area contributed by atoms with Crippen LogP contribution in [0.4, 0.5) is 8.78 Å². The molecule has 0 amide bonds. The van der Waals surface area contributed by atoms with Crippen LogP contribution in [-0.2, 0) is 0 Å². The highest BCUT2D eigenvalue weighted by atomic mass is 19.1. The molecule has 0 bridgehead atoms. The van der Waals surface area contributed by atoms with E-state index >= 15 is 0 Å².